The number of aromatic nitrogens is 1. The van der Waals surface area contributed by atoms with Gasteiger partial charge in [-0.15, -0.1) is 24.5 Å². The molecule has 36 heavy (non-hydrogen) atoms. The van der Waals surface area contributed by atoms with Crippen LogP contribution in [0.15, 0.2) is 72.9 Å². The molecule has 1 unspecified atom stereocenters. The highest BCUT2D eigenvalue weighted by Gasteiger charge is 2.43. The highest BCUT2D eigenvalue weighted by atomic mass is 32.1. The molecule has 7 nitrogen and oxygen atoms in total. The van der Waals surface area contributed by atoms with E-state index in [1.165, 1.54) is 35.6 Å². The van der Waals surface area contributed by atoms with Gasteiger partial charge in [-0.3, -0.25) is 14.6 Å². The average molecular weight is 516 g/mol. The van der Waals surface area contributed by atoms with Crippen LogP contribution in [0.25, 0.3) is 10.1 Å². The summed E-state index contributed by atoms with van der Waals surface area (Å²) >= 11 is 1.37. The molecule has 0 aliphatic carbocycles. The molecule has 4 aromatic rings. The van der Waals surface area contributed by atoms with Crippen LogP contribution in [0.2, 0.25) is 0 Å². The third kappa shape index (κ3) is 5.25. The Morgan fingerprint density at radius 2 is 1.86 bits per heavy atom. The third-order valence-electron chi connectivity index (χ3n) is 5.47. The Bertz CT molecular complexity index is 1340. The van der Waals surface area contributed by atoms with Crippen molar-refractivity contribution in [3.05, 3.63) is 89.1 Å². The number of rotatable bonds is 4. The normalized spacial score (nSPS) is 16.6. The van der Waals surface area contributed by atoms with Crippen LogP contribution in [0.4, 0.5) is 13.2 Å². The fourth-order valence-corrected chi connectivity index (χ4v) is 4.98. The number of hydrogen-bond donors (Lipinski definition) is 2. The Balaban J connectivity index is 0.000000967. The number of carbonyl (C=O) groups excluding carboxylic acids is 1. The lowest BCUT2D eigenvalue weighted by Crippen LogP contribution is -2.50. The van der Waals surface area contributed by atoms with E-state index in [0.29, 0.717) is 34.9 Å². The number of fused-ring (bicyclic) bond motifs is 2. The first kappa shape index (κ1) is 25.0. The lowest BCUT2D eigenvalue weighted by Gasteiger charge is -2.38. The van der Waals surface area contributed by atoms with Crippen LogP contribution < -0.4 is 14.8 Å². The number of carbonyl (C=O) groups is 2. The molecule has 0 saturated heterocycles. The first-order valence-corrected chi connectivity index (χ1v) is 11.4. The van der Waals surface area contributed by atoms with E-state index >= 15 is 0 Å². The molecule has 0 spiro atoms. The maximum absolute atomic E-state index is 13.4. The summed E-state index contributed by atoms with van der Waals surface area (Å²) in [5.74, 6) is -0.133. The SMILES string of the molecule is O=C(NC1(c2ccc(OC(F)(F)F)cc2)CCOc2cccnc21)c1cc2ccccc2s1.O=CO. The van der Waals surface area contributed by atoms with Gasteiger partial charge in [-0.05, 0) is 47.3 Å². The Labute approximate surface area is 207 Å². The van der Waals surface area contributed by atoms with Crippen molar-refractivity contribution in [3.63, 3.8) is 0 Å². The Morgan fingerprint density at radius 1 is 1.14 bits per heavy atom. The molecule has 2 aromatic carbocycles. The largest absolute Gasteiger partial charge is 0.573 e. The number of ether oxygens (including phenoxy) is 2. The molecular formula is C25H19F3N2O5S. The van der Waals surface area contributed by atoms with Gasteiger partial charge in [0.05, 0.1) is 11.5 Å². The summed E-state index contributed by atoms with van der Waals surface area (Å²) in [6, 6.07) is 18.5. The third-order valence-corrected chi connectivity index (χ3v) is 6.58. The van der Waals surface area contributed by atoms with E-state index in [1.54, 1.807) is 18.3 Å². The summed E-state index contributed by atoms with van der Waals surface area (Å²) in [7, 11) is 0. The smallest absolute Gasteiger partial charge is 0.491 e. The second-order valence-electron chi connectivity index (χ2n) is 7.63. The van der Waals surface area contributed by atoms with Crippen LogP contribution in [0, 0.1) is 0 Å². The number of pyridine rings is 1. The van der Waals surface area contributed by atoms with Gasteiger partial charge in [0.25, 0.3) is 12.4 Å². The van der Waals surface area contributed by atoms with Crippen LogP contribution in [-0.2, 0) is 10.3 Å². The zero-order chi connectivity index (χ0) is 25.8. The molecule has 5 rings (SSSR count). The van der Waals surface area contributed by atoms with Crippen LogP contribution in [0.1, 0.15) is 27.3 Å². The average Bonchev–Trinajstić information content (AvgIpc) is 3.29. The first-order chi connectivity index (χ1) is 17.3. The second-order valence-corrected chi connectivity index (χ2v) is 8.72. The number of benzene rings is 2. The summed E-state index contributed by atoms with van der Waals surface area (Å²) in [6.45, 7) is 0.0478. The van der Waals surface area contributed by atoms with E-state index in [1.807, 2.05) is 30.3 Å². The maximum atomic E-state index is 13.4. The Hall–Kier alpha value is -4.12. The molecule has 1 amide bonds. The molecule has 2 aromatic heterocycles. The van der Waals surface area contributed by atoms with E-state index in [4.69, 9.17) is 14.6 Å². The van der Waals surface area contributed by atoms with Gasteiger partial charge in [-0.2, -0.15) is 0 Å². The van der Waals surface area contributed by atoms with Crippen molar-refractivity contribution in [1.29, 1.82) is 0 Å². The van der Waals surface area contributed by atoms with Gasteiger partial charge in [-0.1, -0.05) is 30.3 Å². The van der Waals surface area contributed by atoms with Crippen molar-refractivity contribution < 1.29 is 37.3 Å². The topological polar surface area (TPSA) is 97.8 Å². The quantitative estimate of drug-likeness (QED) is 0.355. The number of alkyl halides is 3. The van der Waals surface area contributed by atoms with Gasteiger partial charge in [-0.25, -0.2) is 0 Å². The monoisotopic (exact) mass is 516 g/mol. The van der Waals surface area contributed by atoms with Crippen LogP contribution in [0.3, 0.4) is 0 Å². The number of hydrogen-bond acceptors (Lipinski definition) is 6. The van der Waals surface area contributed by atoms with E-state index in [2.05, 4.69) is 15.0 Å². The number of halogens is 3. The van der Waals surface area contributed by atoms with Gasteiger partial charge in [0, 0.05) is 17.3 Å². The predicted molar refractivity (Wildman–Crippen MR) is 126 cm³/mol. The van der Waals surface area contributed by atoms with Crippen molar-refractivity contribution in [1.82, 2.24) is 10.3 Å². The highest BCUT2D eigenvalue weighted by molar-refractivity contribution is 7.20. The molecule has 0 fully saturated rings. The summed E-state index contributed by atoms with van der Waals surface area (Å²) < 4.78 is 48.6. The van der Waals surface area contributed by atoms with E-state index in [-0.39, 0.29) is 18.1 Å². The molecule has 11 heteroatoms. The molecule has 1 atom stereocenters. The minimum absolute atomic E-state index is 0.250. The Morgan fingerprint density at radius 3 is 2.56 bits per heavy atom. The zero-order valence-corrected chi connectivity index (χ0v) is 19.3. The summed E-state index contributed by atoms with van der Waals surface area (Å²) in [6.07, 6.45) is -2.84. The van der Waals surface area contributed by atoms with Gasteiger partial charge in [0.2, 0.25) is 0 Å². The standard InChI is InChI=1S/C24H17F3N2O3S.CH2O2/c25-24(26,27)32-17-9-7-16(8-10-17)23(11-13-31-18-5-3-12-28-21(18)23)29-22(30)20-14-15-4-1-2-6-19(15)33-20;2-1-3/h1-10,12,14H,11,13H2,(H,29,30);1H,(H,2,3). The van der Waals surface area contributed by atoms with Crippen molar-refractivity contribution in [2.24, 2.45) is 0 Å². The zero-order valence-electron chi connectivity index (χ0n) is 18.5. The summed E-state index contributed by atoms with van der Waals surface area (Å²) in [4.78, 5) is 26.7. The van der Waals surface area contributed by atoms with Gasteiger partial charge >= 0.3 is 6.36 Å². The number of nitrogens with one attached hydrogen (secondary N) is 1. The van der Waals surface area contributed by atoms with Gasteiger partial charge in [0.15, 0.2) is 0 Å². The highest BCUT2D eigenvalue weighted by Crippen LogP contribution is 2.41. The number of thiophene rings is 1. The van der Waals surface area contributed by atoms with Crippen LogP contribution in [0.5, 0.6) is 11.5 Å². The molecule has 1 aliphatic heterocycles. The Kier molecular flexibility index (Phi) is 7.11. The minimum atomic E-state index is -4.79. The van der Waals surface area contributed by atoms with Crippen LogP contribution >= 0.6 is 11.3 Å². The van der Waals surface area contributed by atoms with Gasteiger partial charge in [0.1, 0.15) is 22.7 Å². The molecule has 1 aliphatic rings. The fraction of sp³-hybridized carbons (Fsp3) is 0.160. The second kappa shape index (κ2) is 10.2. The number of amides is 1. The van der Waals surface area contributed by atoms with Crippen molar-refractivity contribution >= 4 is 33.8 Å². The van der Waals surface area contributed by atoms with E-state index in [0.717, 1.165) is 10.1 Å². The van der Waals surface area contributed by atoms with E-state index in [9.17, 15) is 18.0 Å². The van der Waals surface area contributed by atoms with Gasteiger partial charge < -0.3 is 19.9 Å². The lowest BCUT2D eigenvalue weighted by molar-refractivity contribution is -0.274. The molecule has 3 heterocycles. The minimum Gasteiger partial charge on any atom is -0.491 e. The van der Waals surface area contributed by atoms with Crippen molar-refractivity contribution in [2.75, 3.05) is 6.61 Å². The first-order valence-electron chi connectivity index (χ1n) is 10.6. The maximum Gasteiger partial charge on any atom is 0.573 e. The molecule has 186 valence electrons. The number of nitrogens with zero attached hydrogens (tertiary/aromatic N) is 1. The van der Waals surface area contributed by atoms with Crippen molar-refractivity contribution in [3.8, 4) is 11.5 Å². The summed E-state index contributed by atoms with van der Waals surface area (Å²) in [5, 5.41) is 11.0. The molecular weight excluding hydrogens is 497 g/mol. The van der Waals surface area contributed by atoms with E-state index < -0.39 is 11.9 Å². The van der Waals surface area contributed by atoms with Crippen LogP contribution in [-0.4, -0.2) is 35.4 Å². The number of carboxylic acid groups (broad SMARTS) is 1. The molecule has 2 N–H and O–H groups in total. The molecule has 0 radical (unpaired) electrons. The molecule has 0 saturated carbocycles. The fourth-order valence-electron chi connectivity index (χ4n) is 4.03. The summed E-state index contributed by atoms with van der Waals surface area (Å²) in [5.41, 5.74) is -0.0104. The predicted octanol–water partition coefficient (Wildman–Crippen LogP) is 5.35. The van der Waals surface area contributed by atoms with Crippen molar-refractivity contribution in [2.45, 2.75) is 18.3 Å². The molecule has 0 bridgehead atoms. The lowest BCUT2D eigenvalue weighted by atomic mass is 9.81.